The van der Waals surface area contributed by atoms with Crippen molar-refractivity contribution >= 4 is 27.2 Å². The lowest BCUT2D eigenvalue weighted by Gasteiger charge is -2.30. The third kappa shape index (κ3) is 2.72. The molecule has 2 nitrogen and oxygen atoms in total. The summed E-state index contributed by atoms with van der Waals surface area (Å²) in [6.45, 7) is 4.85. The van der Waals surface area contributed by atoms with Crippen LogP contribution in [0.25, 0.3) is 10.1 Å². The van der Waals surface area contributed by atoms with E-state index in [9.17, 15) is 4.79 Å². The van der Waals surface area contributed by atoms with Gasteiger partial charge in [-0.2, -0.15) is 0 Å². The van der Waals surface area contributed by atoms with Crippen molar-refractivity contribution < 1.29 is 4.79 Å². The van der Waals surface area contributed by atoms with Gasteiger partial charge >= 0.3 is 0 Å². The summed E-state index contributed by atoms with van der Waals surface area (Å²) in [5.41, 5.74) is 1.43. The SMILES string of the molecule is CC(=O)C1CCN(Cc2csc3ccccc23)CC1. The molecule has 1 fully saturated rings. The second-order valence-corrected chi connectivity index (χ2v) is 6.33. The molecule has 2 aromatic rings. The Balaban J connectivity index is 1.68. The van der Waals surface area contributed by atoms with E-state index in [-0.39, 0.29) is 0 Å². The number of ketones is 1. The molecule has 0 aliphatic carbocycles. The first-order valence-corrected chi connectivity index (χ1v) is 7.80. The van der Waals surface area contributed by atoms with Crippen LogP contribution in [0, 0.1) is 5.92 Å². The Morgan fingerprint density at radius 3 is 2.79 bits per heavy atom. The molecular weight excluding hydrogens is 254 g/mol. The fourth-order valence-corrected chi connectivity index (χ4v) is 3.85. The van der Waals surface area contributed by atoms with E-state index in [1.54, 1.807) is 6.92 Å². The number of hydrogen-bond donors (Lipinski definition) is 0. The van der Waals surface area contributed by atoms with Crippen LogP contribution in [0.5, 0.6) is 0 Å². The first-order valence-electron chi connectivity index (χ1n) is 6.92. The summed E-state index contributed by atoms with van der Waals surface area (Å²) in [7, 11) is 0. The summed E-state index contributed by atoms with van der Waals surface area (Å²) in [6, 6.07) is 8.61. The van der Waals surface area contributed by atoms with Crippen molar-refractivity contribution in [2.24, 2.45) is 5.92 Å². The predicted octanol–water partition coefficient (Wildman–Crippen LogP) is 3.70. The summed E-state index contributed by atoms with van der Waals surface area (Å²) in [6.07, 6.45) is 2.05. The third-order valence-electron chi connectivity index (χ3n) is 4.12. The summed E-state index contributed by atoms with van der Waals surface area (Å²) < 4.78 is 1.37. The second kappa shape index (κ2) is 5.43. The van der Waals surface area contributed by atoms with Gasteiger partial charge in [0.15, 0.2) is 0 Å². The smallest absolute Gasteiger partial charge is 0.133 e. The molecule has 1 aromatic heterocycles. The van der Waals surface area contributed by atoms with Gasteiger partial charge < -0.3 is 0 Å². The summed E-state index contributed by atoms with van der Waals surface area (Å²) in [5.74, 6) is 0.663. The average molecular weight is 273 g/mol. The van der Waals surface area contributed by atoms with Gasteiger partial charge in [0.05, 0.1) is 0 Å². The summed E-state index contributed by atoms with van der Waals surface area (Å²) in [5, 5.41) is 3.67. The zero-order chi connectivity index (χ0) is 13.2. The Hall–Kier alpha value is -1.19. The molecule has 0 bridgehead atoms. The molecule has 0 N–H and O–H groups in total. The van der Waals surface area contributed by atoms with Crippen LogP contribution < -0.4 is 0 Å². The van der Waals surface area contributed by atoms with E-state index in [1.807, 2.05) is 11.3 Å². The molecule has 3 heteroatoms. The monoisotopic (exact) mass is 273 g/mol. The summed E-state index contributed by atoms with van der Waals surface area (Å²) in [4.78, 5) is 13.9. The van der Waals surface area contributed by atoms with Gasteiger partial charge in [-0.05, 0) is 55.3 Å². The number of benzene rings is 1. The fraction of sp³-hybridized carbons (Fsp3) is 0.438. The molecule has 0 radical (unpaired) electrons. The Morgan fingerprint density at radius 1 is 1.32 bits per heavy atom. The molecule has 3 rings (SSSR count). The normalized spacial score (nSPS) is 17.9. The number of carbonyl (C=O) groups excluding carboxylic acids is 1. The highest BCUT2D eigenvalue weighted by molar-refractivity contribution is 7.17. The lowest BCUT2D eigenvalue weighted by atomic mass is 9.93. The Kier molecular flexibility index (Phi) is 3.67. The number of piperidine rings is 1. The highest BCUT2D eigenvalue weighted by atomic mass is 32.1. The van der Waals surface area contributed by atoms with Gasteiger partial charge in [-0.1, -0.05) is 18.2 Å². The molecule has 100 valence electrons. The topological polar surface area (TPSA) is 20.3 Å². The zero-order valence-electron chi connectivity index (χ0n) is 11.3. The minimum atomic E-state index is 0.301. The van der Waals surface area contributed by atoms with Gasteiger partial charge in [0.25, 0.3) is 0 Å². The largest absolute Gasteiger partial charge is 0.300 e. The first-order chi connectivity index (χ1) is 9.24. The van der Waals surface area contributed by atoms with E-state index in [2.05, 4.69) is 34.5 Å². The summed E-state index contributed by atoms with van der Waals surface area (Å²) >= 11 is 1.83. The highest BCUT2D eigenvalue weighted by Gasteiger charge is 2.22. The van der Waals surface area contributed by atoms with Gasteiger partial charge in [-0.25, -0.2) is 0 Å². The van der Waals surface area contributed by atoms with E-state index >= 15 is 0 Å². The zero-order valence-corrected chi connectivity index (χ0v) is 12.1. The standard InChI is InChI=1S/C16H19NOS/c1-12(18)13-6-8-17(9-7-13)10-14-11-19-16-5-3-2-4-15(14)16/h2-5,11,13H,6-10H2,1H3. The van der Waals surface area contributed by atoms with Gasteiger partial charge in [0.1, 0.15) is 5.78 Å². The van der Waals surface area contributed by atoms with E-state index < -0.39 is 0 Å². The first kappa shape index (κ1) is 12.8. The molecule has 2 heterocycles. The average Bonchev–Trinajstić information content (AvgIpc) is 2.83. The van der Waals surface area contributed by atoms with E-state index in [0.717, 1.165) is 32.5 Å². The van der Waals surface area contributed by atoms with E-state index in [1.165, 1.54) is 15.6 Å². The van der Waals surface area contributed by atoms with Crippen LogP contribution in [0.4, 0.5) is 0 Å². The van der Waals surface area contributed by atoms with Crippen molar-refractivity contribution in [2.45, 2.75) is 26.3 Å². The van der Waals surface area contributed by atoms with Crippen LogP contribution in [0.1, 0.15) is 25.3 Å². The maximum atomic E-state index is 11.4. The minimum absolute atomic E-state index is 0.301. The van der Waals surface area contributed by atoms with Crippen molar-refractivity contribution in [3.63, 3.8) is 0 Å². The van der Waals surface area contributed by atoms with Gasteiger partial charge in [0.2, 0.25) is 0 Å². The maximum absolute atomic E-state index is 11.4. The maximum Gasteiger partial charge on any atom is 0.133 e. The van der Waals surface area contributed by atoms with Crippen molar-refractivity contribution in [2.75, 3.05) is 13.1 Å². The number of carbonyl (C=O) groups is 1. The Bertz CT molecular complexity index is 581. The van der Waals surface area contributed by atoms with Gasteiger partial charge in [-0.15, -0.1) is 11.3 Å². The number of hydrogen-bond acceptors (Lipinski definition) is 3. The third-order valence-corrected chi connectivity index (χ3v) is 5.13. The van der Waals surface area contributed by atoms with E-state index in [4.69, 9.17) is 0 Å². The van der Waals surface area contributed by atoms with Crippen molar-refractivity contribution in [3.05, 3.63) is 35.2 Å². The lowest BCUT2D eigenvalue weighted by molar-refractivity contribution is -0.122. The lowest BCUT2D eigenvalue weighted by Crippen LogP contribution is -2.35. The molecule has 0 atom stereocenters. The molecular formula is C16H19NOS. The number of Topliss-reactive ketones (excluding diaryl/α,β-unsaturated/α-hetero) is 1. The molecule has 1 aliphatic rings. The molecule has 19 heavy (non-hydrogen) atoms. The van der Waals surface area contributed by atoms with Crippen LogP contribution >= 0.6 is 11.3 Å². The molecule has 1 aliphatic heterocycles. The van der Waals surface area contributed by atoms with Gasteiger partial charge in [-0.3, -0.25) is 9.69 Å². The molecule has 0 unspecified atom stereocenters. The van der Waals surface area contributed by atoms with Crippen molar-refractivity contribution in [1.82, 2.24) is 4.90 Å². The highest BCUT2D eigenvalue weighted by Crippen LogP contribution is 2.28. The minimum Gasteiger partial charge on any atom is -0.300 e. The van der Waals surface area contributed by atoms with Crippen LogP contribution in [0.2, 0.25) is 0 Å². The predicted molar refractivity (Wildman–Crippen MR) is 80.5 cm³/mol. The van der Waals surface area contributed by atoms with E-state index in [0.29, 0.717) is 11.7 Å². The quantitative estimate of drug-likeness (QED) is 0.850. The number of nitrogens with zero attached hydrogens (tertiary/aromatic N) is 1. The Morgan fingerprint density at radius 2 is 2.05 bits per heavy atom. The van der Waals surface area contributed by atoms with Crippen molar-refractivity contribution in [3.8, 4) is 0 Å². The van der Waals surface area contributed by atoms with Crippen LogP contribution in [0.3, 0.4) is 0 Å². The molecule has 0 amide bonds. The molecule has 0 saturated carbocycles. The number of thiophene rings is 1. The molecule has 1 aromatic carbocycles. The van der Waals surface area contributed by atoms with Crippen LogP contribution in [-0.2, 0) is 11.3 Å². The van der Waals surface area contributed by atoms with Crippen molar-refractivity contribution in [1.29, 1.82) is 0 Å². The van der Waals surface area contributed by atoms with Crippen LogP contribution in [0.15, 0.2) is 29.6 Å². The molecule has 0 spiro atoms. The number of likely N-dealkylation sites (tertiary alicyclic amines) is 1. The second-order valence-electron chi connectivity index (χ2n) is 5.42. The Labute approximate surface area is 118 Å². The van der Waals surface area contributed by atoms with Gasteiger partial charge in [0, 0.05) is 17.2 Å². The fourth-order valence-electron chi connectivity index (χ4n) is 2.89. The van der Waals surface area contributed by atoms with Crippen LogP contribution in [-0.4, -0.2) is 23.8 Å². The number of fused-ring (bicyclic) bond motifs is 1. The number of rotatable bonds is 3. The molecule has 1 saturated heterocycles.